The van der Waals surface area contributed by atoms with Gasteiger partial charge in [0.05, 0.1) is 0 Å². The van der Waals surface area contributed by atoms with Crippen molar-refractivity contribution in [2.45, 2.75) is 31.6 Å². The Hall–Kier alpha value is -0.700. The number of nitrogens with one attached hydrogen (secondary N) is 1. The summed E-state index contributed by atoms with van der Waals surface area (Å²) in [5.74, 6) is 1.31. The first-order chi connectivity index (χ1) is 5.36. The lowest BCUT2D eigenvalue weighted by Crippen LogP contribution is -1.91. The minimum atomic E-state index is 0. The number of nitrogens with zero attached hydrogens (tertiary/aromatic N) is 1. The molecule has 1 aromatic rings. The molecule has 1 saturated carbocycles. The predicted octanol–water partition coefficient (Wildman–Crippen LogP) is 2.07. The smallest absolute Gasteiger partial charge is 0.145 e. The zero-order valence-corrected chi connectivity index (χ0v) is 7.73. The Kier molecular flexibility index (Phi) is 2.98. The van der Waals surface area contributed by atoms with E-state index in [-0.39, 0.29) is 12.4 Å². The molecule has 4 heteroatoms. The van der Waals surface area contributed by atoms with Crippen LogP contribution in [0.25, 0.3) is 0 Å². The highest BCUT2D eigenvalue weighted by Crippen LogP contribution is 2.33. The number of aromatic amines is 1. The molecule has 3 N–H and O–H groups in total. The Balaban J connectivity index is 0.000000720. The molecular weight excluding hydrogens is 174 g/mol. The van der Waals surface area contributed by atoms with Crippen molar-refractivity contribution in [3.8, 4) is 0 Å². The summed E-state index contributed by atoms with van der Waals surface area (Å²) in [7, 11) is 0. The average molecular weight is 188 g/mol. The molecule has 1 aromatic heterocycles. The van der Waals surface area contributed by atoms with E-state index < -0.39 is 0 Å². The topological polar surface area (TPSA) is 54.7 Å². The highest BCUT2D eigenvalue weighted by Gasteiger charge is 2.18. The Morgan fingerprint density at radius 2 is 2.08 bits per heavy atom. The van der Waals surface area contributed by atoms with E-state index in [0.717, 1.165) is 0 Å². The number of hydrogen-bond acceptors (Lipinski definition) is 2. The van der Waals surface area contributed by atoms with Gasteiger partial charge in [-0.3, -0.25) is 5.10 Å². The van der Waals surface area contributed by atoms with E-state index >= 15 is 0 Å². The normalized spacial score (nSPS) is 17.7. The van der Waals surface area contributed by atoms with Crippen LogP contribution in [-0.2, 0) is 0 Å². The van der Waals surface area contributed by atoms with Crippen molar-refractivity contribution in [2.75, 3.05) is 5.73 Å². The van der Waals surface area contributed by atoms with Crippen LogP contribution in [-0.4, -0.2) is 10.2 Å². The van der Waals surface area contributed by atoms with Gasteiger partial charge in [0.1, 0.15) is 5.82 Å². The van der Waals surface area contributed by atoms with E-state index in [4.69, 9.17) is 5.73 Å². The van der Waals surface area contributed by atoms with Crippen molar-refractivity contribution in [3.05, 3.63) is 11.8 Å². The number of hydrogen-bond donors (Lipinski definition) is 2. The van der Waals surface area contributed by atoms with Crippen LogP contribution in [0.4, 0.5) is 5.82 Å². The molecule has 0 radical (unpaired) electrons. The molecule has 0 aliphatic heterocycles. The molecule has 0 unspecified atom stereocenters. The molecule has 68 valence electrons. The van der Waals surface area contributed by atoms with E-state index in [0.29, 0.717) is 11.7 Å². The van der Waals surface area contributed by atoms with Crippen molar-refractivity contribution >= 4 is 18.2 Å². The first-order valence-corrected chi connectivity index (χ1v) is 4.17. The number of halogens is 1. The van der Waals surface area contributed by atoms with Crippen LogP contribution in [0.15, 0.2) is 6.07 Å². The van der Waals surface area contributed by atoms with Crippen molar-refractivity contribution in [2.24, 2.45) is 0 Å². The molecule has 0 bridgehead atoms. The lowest BCUT2D eigenvalue weighted by atomic mass is 10.1. The Labute approximate surface area is 78.1 Å². The Bertz CT molecular complexity index is 240. The quantitative estimate of drug-likeness (QED) is 0.707. The van der Waals surface area contributed by atoms with Gasteiger partial charge in [0.25, 0.3) is 0 Å². The first kappa shape index (κ1) is 9.39. The maximum Gasteiger partial charge on any atom is 0.145 e. The van der Waals surface area contributed by atoms with Crippen LogP contribution in [0.2, 0.25) is 0 Å². The summed E-state index contributed by atoms with van der Waals surface area (Å²) in [5, 5.41) is 6.89. The van der Waals surface area contributed by atoms with Crippen LogP contribution in [0.1, 0.15) is 37.3 Å². The average Bonchev–Trinajstić information content (AvgIpc) is 2.55. The lowest BCUT2D eigenvalue weighted by Gasteiger charge is -2.02. The summed E-state index contributed by atoms with van der Waals surface area (Å²) in [6.07, 6.45) is 5.29. The molecule has 1 heterocycles. The Morgan fingerprint density at radius 1 is 1.42 bits per heavy atom. The van der Waals surface area contributed by atoms with Crippen molar-refractivity contribution in [1.29, 1.82) is 0 Å². The standard InChI is InChI=1S/C8H13N3.ClH/c9-8-5-7(10-11-8)6-3-1-2-4-6;/h5-6H,1-4H2,(H3,9,10,11);1H. The Morgan fingerprint density at radius 3 is 2.58 bits per heavy atom. The molecule has 12 heavy (non-hydrogen) atoms. The van der Waals surface area contributed by atoms with Gasteiger partial charge in [0.2, 0.25) is 0 Å². The van der Waals surface area contributed by atoms with Gasteiger partial charge < -0.3 is 5.73 Å². The summed E-state index contributed by atoms with van der Waals surface area (Å²) >= 11 is 0. The second kappa shape index (κ2) is 3.81. The van der Waals surface area contributed by atoms with E-state index in [2.05, 4.69) is 10.2 Å². The number of aromatic nitrogens is 2. The van der Waals surface area contributed by atoms with Crippen LogP contribution >= 0.6 is 12.4 Å². The maximum atomic E-state index is 5.50. The third-order valence-electron chi connectivity index (χ3n) is 2.41. The third-order valence-corrected chi connectivity index (χ3v) is 2.41. The zero-order valence-electron chi connectivity index (χ0n) is 6.92. The van der Waals surface area contributed by atoms with Crippen LogP contribution in [0.3, 0.4) is 0 Å². The fourth-order valence-corrected chi connectivity index (χ4v) is 1.80. The van der Waals surface area contributed by atoms with Gasteiger partial charge >= 0.3 is 0 Å². The first-order valence-electron chi connectivity index (χ1n) is 4.17. The largest absolute Gasteiger partial charge is 0.382 e. The molecule has 0 aromatic carbocycles. The molecule has 0 atom stereocenters. The van der Waals surface area contributed by atoms with Gasteiger partial charge in [-0.05, 0) is 12.8 Å². The molecule has 0 amide bonds. The monoisotopic (exact) mass is 187 g/mol. The van der Waals surface area contributed by atoms with E-state index in [9.17, 15) is 0 Å². The third kappa shape index (κ3) is 1.72. The second-order valence-corrected chi connectivity index (χ2v) is 3.23. The second-order valence-electron chi connectivity index (χ2n) is 3.23. The maximum absolute atomic E-state index is 5.50. The predicted molar refractivity (Wildman–Crippen MR) is 51.5 cm³/mol. The molecule has 1 fully saturated rings. The summed E-state index contributed by atoms with van der Waals surface area (Å²) in [4.78, 5) is 0. The zero-order chi connectivity index (χ0) is 7.68. The minimum Gasteiger partial charge on any atom is -0.382 e. The number of H-pyrrole nitrogens is 1. The SMILES string of the molecule is Cl.Nc1cc(C2CCCC2)[nH]n1. The van der Waals surface area contributed by atoms with E-state index in [1.807, 2.05) is 6.07 Å². The van der Waals surface area contributed by atoms with E-state index in [1.54, 1.807) is 0 Å². The van der Waals surface area contributed by atoms with Gasteiger partial charge in [-0.1, -0.05) is 12.8 Å². The molecule has 3 nitrogen and oxygen atoms in total. The molecule has 1 aliphatic rings. The van der Waals surface area contributed by atoms with Crippen LogP contribution in [0, 0.1) is 0 Å². The number of nitrogen functional groups attached to an aromatic ring is 1. The van der Waals surface area contributed by atoms with Crippen LogP contribution in [0.5, 0.6) is 0 Å². The van der Waals surface area contributed by atoms with Gasteiger partial charge in [-0.2, -0.15) is 5.10 Å². The fraction of sp³-hybridized carbons (Fsp3) is 0.625. The lowest BCUT2D eigenvalue weighted by molar-refractivity contribution is 0.693. The van der Waals surface area contributed by atoms with Crippen molar-refractivity contribution in [3.63, 3.8) is 0 Å². The minimum absolute atomic E-state index is 0. The van der Waals surface area contributed by atoms with Crippen LogP contribution < -0.4 is 5.73 Å². The molecule has 1 aliphatic carbocycles. The van der Waals surface area contributed by atoms with Gasteiger partial charge in [0, 0.05) is 17.7 Å². The summed E-state index contributed by atoms with van der Waals surface area (Å²) < 4.78 is 0. The van der Waals surface area contributed by atoms with Gasteiger partial charge in [0.15, 0.2) is 0 Å². The van der Waals surface area contributed by atoms with Gasteiger partial charge in [-0.25, -0.2) is 0 Å². The highest BCUT2D eigenvalue weighted by molar-refractivity contribution is 5.85. The number of nitrogens with two attached hydrogens (primary N) is 1. The highest BCUT2D eigenvalue weighted by atomic mass is 35.5. The molecular formula is C8H14ClN3. The van der Waals surface area contributed by atoms with Crippen molar-refractivity contribution in [1.82, 2.24) is 10.2 Å². The van der Waals surface area contributed by atoms with Crippen molar-refractivity contribution < 1.29 is 0 Å². The molecule has 0 spiro atoms. The number of rotatable bonds is 1. The summed E-state index contributed by atoms with van der Waals surface area (Å²) in [6.45, 7) is 0. The number of anilines is 1. The summed E-state index contributed by atoms with van der Waals surface area (Å²) in [5.41, 5.74) is 6.73. The summed E-state index contributed by atoms with van der Waals surface area (Å²) in [6, 6.07) is 1.95. The molecule has 2 rings (SSSR count). The van der Waals surface area contributed by atoms with Gasteiger partial charge in [-0.15, -0.1) is 12.4 Å². The fourth-order valence-electron chi connectivity index (χ4n) is 1.80. The van der Waals surface area contributed by atoms with E-state index in [1.165, 1.54) is 31.4 Å². The molecule has 0 saturated heterocycles.